The van der Waals surface area contributed by atoms with E-state index in [0.717, 1.165) is 44.5 Å². The highest BCUT2D eigenvalue weighted by atomic mass is 16.6. The summed E-state index contributed by atoms with van der Waals surface area (Å²) >= 11 is 0. The van der Waals surface area contributed by atoms with E-state index >= 15 is 0 Å². The summed E-state index contributed by atoms with van der Waals surface area (Å²) < 4.78 is 26.0. The molecule has 2 atom stereocenters. The molecule has 0 amide bonds. The first-order chi connectivity index (χ1) is 22.7. The first-order valence-corrected chi connectivity index (χ1v) is 15.4. The molecule has 0 aliphatic heterocycles. The van der Waals surface area contributed by atoms with Gasteiger partial charge in [-0.05, 0) is 33.4 Å². The van der Waals surface area contributed by atoms with Crippen molar-refractivity contribution in [1.29, 1.82) is 0 Å². The van der Waals surface area contributed by atoms with Crippen molar-refractivity contribution in [2.45, 2.75) is 11.5 Å². The maximum absolute atomic E-state index is 7.06. The monoisotopic (exact) mass is 606 g/mol. The molecule has 230 valence electrons. The fourth-order valence-electron chi connectivity index (χ4n) is 6.84. The minimum absolute atomic E-state index is 0.428. The number of benzene rings is 5. The fourth-order valence-corrected chi connectivity index (χ4v) is 6.84. The normalized spacial score (nSPS) is 17.8. The first kappa shape index (κ1) is 30.7. The zero-order chi connectivity index (χ0) is 31.9. The van der Waals surface area contributed by atoms with Gasteiger partial charge in [-0.2, -0.15) is 0 Å². The van der Waals surface area contributed by atoms with Gasteiger partial charge in [-0.15, -0.1) is 0 Å². The molecule has 0 aromatic heterocycles. The van der Waals surface area contributed by atoms with Crippen LogP contribution in [0.15, 0.2) is 169 Å². The molecule has 0 saturated heterocycles. The van der Waals surface area contributed by atoms with Crippen LogP contribution in [-0.4, -0.2) is 34.0 Å². The molecular weight excluding hydrogens is 568 g/mol. The Morgan fingerprint density at radius 1 is 0.478 bits per heavy atom. The highest BCUT2D eigenvalue weighted by Gasteiger charge is 2.57. The Balaban J connectivity index is 1.89. The number of ether oxygens (including phenoxy) is 4. The van der Waals surface area contributed by atoms with Crippen molar-refractivity contribution < 1.29 is 18.9 Å². The van der Waals surface area contributed by atoms with E-state index in [4.69, 9.17) is 18.9 Å². The van der Waals surface area contributed by atoms with Gasteiger partial charge in [-0.1, -0.05) is 152 Å². The predicted octanol–water partition coefficient (Wildman–Crippen LogP) is 9.39. The third-order valence-electron chi connectivity index (χ3n) is 8.65. The third-order valence-corrected chi connectivity index (χ3v) is 8.65. The molecule has 0 N–H and O–H groups in total. The van der Waals surface area contributed by atoms with Crippen molar-refractivity contribution in [2.24, 2.45) is 0 Å². The molecule has 6 rings (SSSR count). The van der Waals surface area contributed by atoms with Crippen molar-refractivity contribution in [2.75, 3.05) is 28.4 Å². The lowest BCUT2D eigenvalue weighted by atomic mass is 9.63. The van der Waals surface area contributed by atoms with E-state index in [1.807, 2.05) is 42.5 Å². The molecule has 2 unspecified atom stereocenters. The smallest absolute Gasteiger partial charge is 0.202 e. The molecule has 0 spiro atoms. The summed E-state index contributed by atoms with van der Waals surface area (Å²) in [6, 6.07) is 52.2. The van der Waals surface area contributed by atoms with Crippen LogP contribution < -0.4 is 0 Å². The molecule has 1 aliphatic carbocycles. The Kier molecular flexibility index (Phi) is 9.18. The van der Waals surface area contributed by atoms with Gasteiger partial charge in [0, 0.05) is 18.3 Å². The maximum Gasteiger partial charge on any atom is 0.202 e. The second kappa shape index (κ2) is 13.8. The Hall–Kier alpha value is -5.32. The Morgan fingerprint density at radius 2 is 0.913 bits per heavy atom. The van der Waals surface area contributed by atoms with Gasteiger partial charge in [0.25, 0.3) is 0 Å². The van der Waals surface area contributed by atoms with Gasteiger partial charge in [0.1, 0.15) is 0 Å². The van der Waals surface area contributed by atoms with Gasteiger partial charge >= 0.3 is 0 Å². The van der Waals surface area contributed by atoms with Gasteiger partial charge in [0.15, 0.2) is 17.1 Å². The largest absolute Gasteiger partial charge is 0.494 e. The summed E-state index contributed by atoms with van der Waals surface area (Å²) in [7, 11) is 6.78. The third kappa shape index (κ3) is 5.31. The highest BCUT2D eigenvalue weighted by molar-refractivity contribution is 6.04. The molecule has 0 fully saturated rings. The molecular formula is C42H38O4. The van der Waals surface area contributed by atoms with E-state index < -0.39 is 11.5 Å². The van der Waals surface area contributed by atoms with Gasteiger partial charge in [0.05, 0.1) is 27.2 Å². The van der Waals surface area contributed by atoms with E-state index in [0.29, 0.717) is 17.3 Å². The van der Waals surface area contributed by atoms with Crippen molar-refractivity contribution in [3.63, 3.8) is 0 Å². The number of hydrogen-bond donors (Lipinski definition) is 0. The van der Waals surface area contributed by atoms with Crippen LogP contribution in [-0.2, 0) is 18.9 Å². The topological polar surface area (TPSA) is 36.9 Å². The summed E-state index contributed by atoms with van der Waals surface area (Å²) in [5, 5.41) is 0. The molecule has 46 heavy (non-hydrogen) atoms. The number of methoxy groups -OCH3 is 4. The van der Waals surface area contributed by atoms with Gasteiger partial charge in [-0.25, -0.2) is 0 Å². The predicted molar refractivity (Wildman–Crippen MR) is 186 cm³/mol. The van der Waals surface area contributed by atoms with E-state index in [2.05, 4.69) is 109 Å². The lowest BCUT2D eigenvalue weighted by molar-refractivity contribution is 0.00313. The zero-order valence-corrected chi connectivity index (χ0v) is 26.6. The van der Waals surface area contributed by atoms with Crippen LogP contribution in [0, 0.1) is 0 Å². The van der Waals surface area contributed by atoms with E-state index in [-0.39, 0.29) is 0 Å². The Labute approximate surface area is 271 Å². The second-order valence-electron chi connectivity index (χ2n) is 11.0. The first-order valence-electron chi connectivity index (χ1n) is 15.4. The molecule has 1 aliphatic rings. The van der Waals surface area contributed by atoms with Crippen molar-refractivity contribution in [3.8, 4) is 0 Å². The highest BCUT2D eigenvalue weighted by Crippen LogP contribution is 2.59. The van der Waals surface area contributed by atoms with Crippen LogP contribution in [0.2, 0.25) is 0 Å². The summed E-state index contributed by atoms with van der Waals surface area (Å²) in [5.74, 6) is 1.17. The van der Waals surface area contributed by atoms with Gasteiger partial charge < -0.3 is 18.9 Å². The van der Waals surface area contributed by atoms with E-state index in [1.54, 1.807) is 28.4 Å². The van der Waals surface area contributed by atoms with Crippen molar-refractivity contribution in [1.82, 2.24) is 0 Å². The summed E-state index contributed by atoms with van der Waals surface area (Å²) in [5.41, 5.74) is 6.78. The van der Waals surface area contributed by atoms with Crippen LogP contribution in [0.3, 0.4) is 0 Å². The Bertz CT molecular complexity index is 1800. The molecule has 0 radical (unpaired) electrons. The lowest BCUT2D eigenvalue weighted by Crippen LogP contribution is -2.47. The minimum atomic E-state index is -1.24. The summed E-state index contributed by atoms with van der Waals surface area (Å²) in [6.45, 7) is 0. The molecule has 5 aromatic carbocycles. The van der Waals surface area contributed by atoms with Crippen LogP contribution in [0.25, 0.3) is 16.7 Å². The maximum atomic E-state index is 7.06. The SMILES string of the molecule is COC1=C(c2ccccc2)C(c2ccccc2)C(OC)(C(=C(c2ccccc2)c2ccccc2)c2ccccc2)C(OC)=C1OC. The molecule has 4 nitrogen and oxygen atoms in total. The van der Waals surface area contributed by atoms with Crippen LogP contribution >= 0.6 is 0 Å². The van der Waals surface area contributed by atoms with E-state index in [9.17, 15) is 0 Å². The molecule has 4 heteroatoms. The molecule has 5 aromatic rings. The van der Waals surface area contributed by atoms with Crippen LogP contribution in [0.4, 0.5) is 0 Å². The van der Waals surface area contributed by atoms with Crippen LogP contribution in [0.5, 0.6) is 0 Å². The molecule has 0 saturated carbocycles. The number of hydrogen-bond acceptors (Lipinski definition) is 4. The van der Waals surface area contributed by atoms with Crippen molar-refractivity contribution in [3.05, 3.63) is 197 Å². The summed E-state index contributed by atoms with van der Waals surface area (Å²) in [6.07, 6.45) is 0. The van der Waals surface area contributed by atoms with E-state index in [1.165, 1.54) is 0 Å². The zero-order valence-electron chi connectivity index (χ0n) is 26.6. The average Bonchev–Trinajstić information content (AvgIpc) is 3.14. The summed E-state index contributed by atoms with van der Waals surface area (Å²) in [4.78, 5) is 0. The lowest BCUT2D eigenvalue weighted by Gasteiger charge is -2.48. The molecule has 0 bridgehead atoms. The van der Waals surface area contributed by atoms with Gasteiger partial charge in [-0.3, -0.25) is 0 Å². The molecule has 0 heterocycles. The van der Waals surface area contributed by atoms with Gasteiger partial charge in [0.2, 0.25) is 5.76 Å². The average molecular weight is 607 g/mol. The Morgan fingerprint density at radius 3 is 1.35 bits per heavy atom. The van der Waals surface area contributed by atoms with Crippen molar-refractivity contribution >= 4 is 16.7 Å². The fraction of sp³-hybridized carbons (Fsp3) is 0.143. The standard InChI is InChI=1S/C42H38O4/c1-43-39-36(32-24-14-7-15-25-32)38(34-28-18-9-19-29-34)42(46-4,41(45-3)40(39)44-2)37(33-26-16-8-17-27-33)35(30-20-10-5-11-21-30)31-22-12-6-13-23-31/h5-29,38H,1-4H3. The second-order valence-corrected chi connectivity index (χ2v) is 11.0. The van der Waals surface area contributed by atoms with Crippen LogP contribution in [0.1, 0.15) is 33.7 Å². The minimum Gasteiger partial charge on any atom is -0.494 e. The number of rotatable bonds is 10. The quantitative estimate of drug-likeness (QED) is 0.148.